The van der Waals surface area contributed by atoms with E-state index in [1.807, 2.05) is 6.07 Å². The summed E-state index contributed by atoms with van der Waals surface area (Å²) in [6.45, 7) is 4.35. The fourth-order valence-electron chi connectivity index (χ4n) is 2.86. The van der Waals surface area contributed by atoms with E-state index in [-0.39, 0.29) is 6.04 Å². The van der Waals surface area contributed by atoms with E-state index in [0.717, 1.165) is 19.1 Å². The van der Waals surface area contributed by atoms with Gasteiger partial charge in [0.1, 0.15) is 0 Å². The van der Waals surface area contributed by atoms with Crippen molar-refractivity contribution in [2.24, 2.45) is 5.73 Å². The van der Waals surface area contributed by atoms with Crippen LogP contribution in [0.4, 0.5) is 0 Å². The molecule has 0 radical (unpaired) electrons. The molecule has 1 aromatic rings. The smallest absolute Gasteiger partial charge is 0.0424 e. The van der Waals surface area contributed by atoms with Crippen molar-refractivity contribution in [3.8, 4) is 0 Å². The maximum atomic E-state index is 6.30. The molecule has 1 aliphatic rings. The minimum Gasteiger partial charge on any atom is -0.323 e. The van der Waals surface area contributed by atoms with Crippen LogP contribution < -0.4 is 5.73 Å². The van der Waals surface area contributed by atoms with Crippen molar-refractivity contribution in [1.82, 2.24) is 4.90 Å². The summed E-state index contributed by atoms with van der Waals surface area (Å²) < 4.78 is 0. The molecule has 1 aromatic carbocycles. The van der Waals surface area contributed by atoms with Crippen LogP contribution in [0.15, 0.2) is 30.3 Å². The van der Waals surface area contributed by atoms with Crippen LogP contribution in [0.1, 0.15) is 44.2 Å². The molecule has 94 valence electrons. The van der Waals surface area contributed by atoms with Crippen LogP contribution in [0.3, 0.4) is 0 Å². The van der Waals surface area contributed by atoms with Gasteiger partial charge < -0.3 is 5.73 Å². The number of hydrogen-bond donors (Lipinski definition) is 1. The monoisotopic (exact) mass is 232 g/mol. The van der Waals surface area contributed by atoms with Gasteiger partial charge >= 0.3 is 0 Å². The summed E-state index contributed by atoms with van der Waals surface area (Å²) in [6, 6.07) is 11.4. The molecule has 0 aliphatic heterocycles. The van der Waals surface area contributed by atoms with Gasteiger partial charge in [-0.2, -0.15) is 0 Å². The van der Waals surface area contributed by atoms with Crippen molar-refractivity contribution in [1.29, 1.82) is 0 Å². The number of rotatable bonds is 5. The van der Waals surface area contributed by atoms with Gasteiger partial charge in [-0.25, -0.2) is 0 Å². The quantitative estimate of drug-likeness (QED) is 0.845. The number of likely N-dealkylation sites (N-methyl/N-ethyl adjacent to an activating group) is 1. The van der Waals surface area contributed by atoms with Gasteiger partial charge in [0.15, 0.2) is 0 Å². The van der Waals surface area contributed by atoms with E-state index in [1.165, 1.54) is 31.2 Å². The largest absolute Gasteiger partial charge is 0.323 e. The van der Waals surface area contributed by atoms with Gasteiger partial charge in [0.05, 0.1) is 0 Å². The van der Waals surface area contributed by atoms with Crippen molar-refractivity contribution in [2.45, 2.75) is 44.7 Å². The minimum atomic E-state index is 0.150. The van der Waals surface area contributed by atoms with Gasteiger partial charge in [-0.15, -0.1) is 0 Å². The normalized spacial score (nSPS) is 18.8. The van der Waals surface area contributed by atoms with Crippen molar-refractivity contribution in [3.05, 3.63) is 35.9 Å². The predicted molar refractivity (Wildman–Crippen MR) is 72.9 cm³/mol. The van der Waals surface area contributed by atoms with Gasteiger partial charge in [-0.05, 0) is 24.9 Å². The van der Waals surface area contributed by atoms with Crippen molar-refractivity contribution >= 4 is 0 Å². The highest BCUT2D eigenvalue weighted by atomic mass is 15.2. The lowest BCUT2D eigenvalue weighted by Gasteiger charge is -2.30. The summed E-state index contributed by atoms with van der Waals surface area (Å²) in [5, 5.41) is 0. The van der Waals surface area contributed by atoms with E-state index in [0.29, 0.717) is 0 Å². The Kier molecular flexibility index (Phi) is 4.57. The first-order valence-corrected chi connectivity index (χ1v) is 6.86. The SMILES string of the molecule is CCN(C[C@@H](N)c1ccccc1)C1CCCC1. The van der Waals surface area contributed by atoms with E-state index < -0.39 is 0 Å². The molecule has 1 aliphatic carbocycles. The molecule has 1 fully saturated rings. The van der Waals surface area contributed by atoms with Crippen molar-refractivity contribution in [3.63, 3.8) is 0 Å². The Balaban J connectivity index is 1.94. The van der Waals surface area contributed by atoms with Gasteiger partial charge in [0.25, 0.3) is 0 Å². The highest BCUT2D eigenvalue weighted by Crippen LogP contribution is 2.24. The van der Waals surface area contributed by atoms with Crippen LogP contribution in [0, 0.1) is 0 Å². The second-order valence-electron chi connectivity index (χ2n) is 5.04. The minimum absolute atomic E-state index is 0.150. The lowest BCUT2D eigenvalue weighted by molar-refractivity contribution is 0.197. The molecule has 1 atom stereocenters. The molecule has 0 amide bonds. The standard InChI is InChI=1S/C15H24N2/c1-2-17(14-10-6-7-11-14)12-15(16)13-8-4-3-5-9-13/h3-5,8-9,14-15H,2,6-7,10-12,16H2,1H3/t15-/m1/s1. The van der Waals surface area contributed by atoms with Crippen LogP contribution in [-0.4, -0.2) is 24.0 Å². The number of nitrogens with zero attached hydrogens (tertiary/aromatic N) is 1. The summed E-state index contributed by atoms with van der Waals surface area (Å²) >= 11 is 0. The zero-order valence-corrected chi connectivity index (χ0v) is 10.8. The summed E-state index contributed by atoms with van der Waals surface area (Å²) in [5.41, 5.74) is 7.55. The van der Waals surface area contributed by atoms with Crippen LogP contribution >= 0.6 is 0 Å². The molecule has 0 aromatic heterocycles. The number of nitrogens with two attached hydrogens (primary N) is 1. The lowest BCUT2D eigenvalue weighted by atomic mass is 10.1. The Morgan fingerprint density at radius 2 is 1.88 bits per heavy atom. The molecule has 2 heteroatoms. The average Bonchev–Trinajstić information content (AvgIpc) is 2.90. The van der Waals surface area contributed by atoms with E-state index in [2.05, 4.69) is 36.1 Å². The van der Waals surface area contributed by atoms with Crippen molar-refractivity contribution in [2.75, 3.05) is 13.1 Å². The average molecular weight is 232 g/mol. The molecule has 0 saturated heterocycles. The first-order valence-electron chi connectivity index (χ1n) is 6.86. The first kappa shape index (κ1) is 12.6. The topological polar surface area (TPSA) is 29.3 Å². The maximum absolute atomic E-state index is 6.30. The number of hydrogen-bond acceptors (Lipinski definition) is 2. The second-order valence-corrected chi connectivity index (χ2v) is 5.04. The van der Waals surface area contributed by atoms with Gasteiger partial charge in [0.2, 0.25) is 0 Å². The lowest BCUT2D eigenvalue weighted by Crippen LogP contribution is -2.38. The number of benzene rings is 1. The molecule has 1 saturated carbocycles. The third kappa shape index (κ3) is 3.30. The first-order chi connectivity index (χ1) is 8.31. The fourth-order valence-corrected chi connectivity index (χ4v) is 2.86. The highest BCUT2D eigenvalue weighted by Gasteiger charge is 2.22. The molecule has 2 rings (SSSR count). The Bertz CT molecular complexity index is 317. The molecular weight excluding hydrogens is 208 g/mol. The molecule has 0 bridgehead atoms. The molecule has 0 heterocycles. The molecule has 17 heavy (non-hydrogen) atoms. The predicted octanol–water partition coefficient (Wildman–Crippen LogP) is 2.95. The van der Waals surface area contributed by atoms with E-state index in [1.54, 1.807) is 0 Å². The molecule has 0 unspecified atom stereocenters. The van der Waals surface area contributed by atoms with Crippen LogP contribution in [-0.2, 0) is 0 Å². The Morgan fingerprint density at radius 1 is 1.24 bits per heavy atom. The van der Waals surface area contributed by atoms with E-state index in [9.17, 15) is 0 Å². The van der Waals surface area contributed by atoms with Crippen LogP contribution in [0.2, 0.25) is 0 Å². The van der Waals surface area contributed by atoms with Gasteiger partial charge in [0, 0.05) is 18.6 Å². The van der Waals surface area contributed by atoms with E-state index >= 15 is 0 Å². The Hall–Kier alpha value is -0.860. The summed E-state index contributed by atoms with van der Waals surface area (Å²) in [5.74, 6) is 0. The zero-order chi connectivity index (χ0) is 12.1. The third-order valence-corrected chi connectivity index (χ3v) is 3.91. The fraction of sp³-hybridized carbons (Fsp3) is 0.600. The molecular formula is C15H24N2. The molecule has 2 N–H and O–H groups in total. The van der Waals surface area contributed by atoms with Crippen LogP contribution in [0.5, 0.6) is 0 Å². The summed E-state index contributed by atoms with van der Waals surface area (Å²) in [4.78, 5) is 2.56. The molecule has 2 nitrogen and oxygen atoms in total. The molecule has 0 spiro atoms. The second kappa shape index (κ2) is 6.18. The van der Waals surface area contributed by atoms with E-state index in [4.69, 9.17) is 5.73 Å². The van der Waals surface area contributed by atoms with Gasteiger partial charge in [-0.3, -0.25) is 4.90 Å². The zero-order valence-electron chi connectivity index (χ0n) is 10.8. The Morgan fingerprint density at radius 3 is 2.47 bits per heavy atom. The van der Waals surface area contributed by atoms with Crippen LogP contribution in [0.25, 0.3) is 0 Å². The Labute approximate surface area is 105 Å². The van der Waals surface area contributed by atoms with Gasteiger partial charge in [-0.1, -0.05) is 50.1 Å². The maximum Gasteiger partial charge on any atom is 0.0424 e. The summed E-state index contributed by atoms with van der Waals surface area (Å²) in [7, 11) is 0. The highest BCUT2D eigenvalue weighted by molar-refractivity contribution is 5.18. The third-order valence-electron chi connectivity index (χ3n) is 3.91. The van der Waals surface area contributed by atoms with Crippen molar-refractivity contribution < 1.29 is 0 Å². The summed E-state index contributed by atoms with van der Waals surface area (Å²) in [6.07, 6.45) is 5.49.